The molecule has 4 heteroatoms. The largest absolute Gasteiger partial charge is 0.489 e. The molecule has 2 aromatic rings. The summed E-state index contributed by atoms with van der Waals surface area (Å²) in [6.07, 6.45) is 0. The van der Waals surface area contributed by atoms with E-state index in [-0.39, 0.29) is 0 Å². The van der Waals surface area contributed by atoms with Gasteiger partial charge in [-0.25, -0.2) is 0 Å². The van der Waals surface area contributed by atoms with E-state index in [9.17, 15) is 0 Å². The Balaban J connectivity index is 1.87. The molecule has 0 aliphatic carbocycles. The minimum Gasteiger partial charge on any atom is -0.489 e. The van der Waals surface area contributed by atoms with Crippen LogP contribution >= 0.6 is 0 Å². The number of hydrogen-bond donors (Lipinski definition) is 0. The summed E-state index contributed by atoms with van der Waals surface area (Å²) in [5.41, 5.74) is 5.94. The van der Waals surface area contributed by atoms with E-state index in [1.54, 1.807) is 0 Å². The lowest BCUT2D eigenvalue weighted by Crippen LogP contribution is -2.12. The first-order valence-corrected chi connectivity index (χ1v) is 9.41. The van der Waals surface area contributed by atoms with Crippen LogP contribution in [0, 0.1) is 27.7 Å². The highest BCUT2D eigenvalue weighted by Gasteiger charge is 2.13. The molecule has 2 aromatic carbocycles. The van der Waals surface area contributed by atoms with Crippen LogP contribution in [-0.2, 0) is 0 Å². The Labute approximate surface area is 167 Å². The predicted molar refractivity (Wildman–Crippen MR) is 112 cm³/mol. The molecular formula is C24H28O4. The monoisotopic (exact) mass is 380 g/mol. The highest BCUT2D eigenvalue weighted by atomic mass is 16.5. The van der Waals surface area contributed by atoms with Gasteiger partial charge in [0.25, 0.3) is 0 Å². The van der Waals surface area contributed by atoms with Crippen LogP contribution in [0.2, 0.25) is 0 Å². The van der Waals surface area contributed by atoms with Crippen molar-refractivity contribution in [3.8, 4) is 23.0 Å². The van der Waals surface area contributed by atoms with Gasteiger partial charge in [-0.15, -0.1) is 0 Å². The Hall–Kier alpha value is -2.88. The Bertz CT molecular complexity index is 766. The van der Waals surface area contributed by atoms with E-state index in [0.717, 1.165) is 56.4 Å². The van der Waals surface area contributed by atoms with Gasteiger partial charge in [0.15, 0.2) is 0 Å². The highest BCUT2D eigenvalue weighted by molar-refractivity contribution is 5.48. The molecule has 4 nitrogen and oxygen atoms in total. The Morgan fingerprint density at radius 1 is 0.500 bits per heavy atom. The molecule has 4 aliphatic heterocycles. The van der Waals surface area contributed by atoms with E-state index >= 15 is 0 Å². The van der Waals surface area contributed by atoms with Crippen molar-refractivity contribution in [2.75, 3.05) is 26.4 Å². The minimum absolute atomic E-state index is 0.399. The van der Waals surface area contributed by atoms with Crippen LogP contribution in [0.15, 0.2) is 48.6 Å². The second kappa shape index (κ2) is 8.42. The normalized spacial score (nSPS) is 15.1. The molecule has 0 amide bonds. The van der Waals surface area contributed by atoms with Gasteiger partial charge >= 0.3 is 0 Å². The summed E-state index contributed by atoms with van der Waals surface area (Å²) in [6, 6.07) is 7.72. The first-order chi connectivity index (χ1) is 13.4. The Kier molecular flexibility index (Phi) is 5.98. The average Bonchev–Trinajstić information content (AvgIpc) is 2.68. The molecule has 0 radical (unpaired) electrons. The molecule has 148 valence electrons. The van der Waals surface area contributed by atoms with Gasteiger partial charge in [0, 0.05) is 0 Å². The smallest absolute Gasteiger partial charge is 0.123 e. The summed E-state index contributed by atoms with van der Waals surface area (Å²) in [5, 5.41) is 0. The minimum atomic E-state index is 0.399. The van der Waals surface area contributed by atoms with Crippen molar-refractivity contribution in [3.63, 3.8) is 0 Å². The van der Waals surface area contributed by atoms with E-state index in [2.05, 4.69) is 13.2 Å². The molecule has 0 spiro atoms. The standard InChI is InChI=1S/C24H28O4/c1-15-11-25-21-7-9-23(19(5)17(21)3)27-13-16(2)14-28-24-10-8-22(26-12-15)18(4)20(24)6/h7-10H,1-2,11-14H2,3-6H3. The van der Waals surface area contributed by atoms with Gasteiger partial charge in [-0.3, -0.25) is 0 Å². The van der Waals surface area contributed by atoms with E-state index in [1.807, 2.05) is 52.0 Å². The molecule has 0 saturated heterocycles. The number of ether oxygens (including phenoxy) is 4. The van der Waals surface area contributed by atoms with Crippen LogP contribution in [0.1, 0.15) is 22.3 Å². The van der Waals surface area contributed by atoms with Crippen molar-refractivity contribution >= 4 is 0 Å². The van der Waals surface area contributed by atoms with Gasteiger partial charge in [0.1, 0.15) is 49.4 Å². The highest BCUT2D eigenvalue weighted by Crippen LogP contribution is 2.31. The van der Waals surface area contributed by atoms with Crippen LogP contribution < -0.4 is 18.9 Å². The lowest BCUT2D eigenvalue weighted by atomic mass is 10.1. The fraction of sp³-hybridized carbons (Fsp3) is 0.333. The zero-order chi connectivity index (χ0) is 20.3. The van der Waals surface area contributed by atoms with Gasteiger partial charge in [-0.2, -0.15) is 0 Å². The van der Waals surface area contributed by atoms with E-state index in [1.165, 1.54) is 0 Å². The van der Waals surface area contributed by atoms with Gasteiger partial charge in [-0.1, -0.05) is 13.2 Å². The van der Waals surface area contributed by atoms with Crippen molar-refractivity contribution in [1.82, 2.24) is 0 Å². The van der Waals surface area contributed by atoms with Gasteiger partial charge in [0.05, 0.1) is 0 Å². The lowest BCUT2D eigenvalue weighted by molar-refractivity contribution is 0.289. The van der Waals surface area contributed by atoms with Gasteiger partial charge in [0.2, 0.25) is 0 Å². The van der Waals surface area contributed by atoms with E-state index in [4.69, 9.17) is 18.9 Å². The lowest BCUT2D eigenvalue weighted by Gasteiger charge is -2.19. The first kappa shape index (κ1) is 19.9. The maximum absolute atomic E-state index is 5.96. The number of benzene rings is 2. The van der Waals surface area contributed by atoms with E-state index < -0.39 is 0 Å². The van der Waals surface area contributed by atoms with Gasteiger partial charge < -0.3 is 18.9 Å². The summed E-state index contributed by atoms with van der Waals surface area (Å²) < 4.78 is 23.8. The van der Waals surface area contributed by atoms with Crippen molar-refractivity contribution in [1.29, 1.82) is 0 Å². The number of hydrogen-bond acceptors (Lipinski definition) is 4. The third-order valence-corrected chi connectivity index (χ3v) is 5.10. The van der Waals surface area contributed by atoms with Crippen molar-refractivity contribution in [2.45, 2.75) is 27.7 Å². The molecule has 0 atom stereocenters. The summed E-state index contributed by atoms with van der Waals surface area (Å²) in [7, 11) is 0. The molecular weight excluding hydrogens is 352 g/mol. The molecule has 4 aliphatic rings. The molecule has 0 aromatic heterocycles. The van der Waals surface area contributed by atoms with Crippen LogP contribution in [0.25, 0.3) is 0 Å². The Morgan fingerprint density at radius 2 is 0.714 bits per heavy atom. The summed E-state index contributed by atoms with van der Waals surface area (Å²) in [5.74, 6) is 3.30. The van der Waals surface area contributed by atoms with Crippen LogP contribution in [0.3, 0.4) is 0 Å². The maximum atomic E-state index is 5.96. The zero-order valence-corrected chi connectivity index (χ0v) is 17.2. The van der Waals surface area contributed by atoms with Gasteiger partial charge in [-0.05, 0) is 85.4 Å². The van der Waals surface area contributed by atoms with Crippen molar-refractivity contribution < 1.29 is 18.9 Å². The third-order valence-electron chi connectivity index (χ3n) is 5.10. The molecule has 4 bridgehead atoms. The van der Waals surface area contributed by atoms with E-state index in [0.29, 0.717) is 26.4 Å². The molecule has 4 heterocycles. The summed E-state index contributed by atoms with van der Waals surface area (Å²) in [4.78, 5) is 0. The molecule has 0 saturated carbocycles. The quantitative estimate of drug-likeness (QED) is 0.584. The fourth-order valence-corrected chi connectivity index (χ4v) is 2.97. The van der Waals surface area contributed by atoms with Crippen LogP contribution in [-0.4, -0.2) is 26.4 Å². The predicted octanol–water partition coefficient (Wildman–Crippen LogP) is 5.26. The average molecular weight is 380 g/mol. The van der Waals surface area contributed by atoms with Crippen molar-refractivity contribution in [2.24, 2.45) is 0 Å². The molecule has 0 fully saturated rings. The summed E-state index contributed by atoms with van der Waals surface area (Å²) >= 11 is 0. The molecule has 0 N–H and O–H groups in total. The zero-order valence-electron chi connectivity index (χ0n) is 17.2. The topological polar surface area (TPSA) is 36.9 Å². The SMILES string of the molecule is C=C1COc2ccc(c(C)c2C)OCC(=C)COc2ccc(c(C)c2C)OC1. The molecule has 28 heavy (non-hydrogen) atoms. The molecule has 0 unspecified atom stereocenters. The fourth-order valence-electron chi connectivity index (χ4n) is 2.97. The summed E-state index contributed by atoms with van der Waals surface area (Å²) in [6.45, 7) is 17.9. The van der Waals surface area contributed by atoms with Crippen molar-refractivity contribution in [3.05, 3.63) is 70.8 Å². The van der Waals surface area contributed by atoms with Crippen LogP contribution in [0.5, 0.6) is 23.0 Å². The second-order valence-electron chi connectivity index (χ2n) is 7.28. The second-order valence-corrected chi connectivity index (χ2v) is 7.28. The van der Waals surface area contributed by atoms with Crippen LogP contribution in [0.4, 0.5) is 0 Å². The first-order valence-electron chi connectivity index (χ1n) is 9.41. The number of rotatable bonds is 0. The maximum Gasteiger partial charge on any atom is 0.123 e. The third kappa shape index (κ3) is 4.33. The molecule has 6 rings (SSSR count). The Morgan fingerprint density at radius 3 is 0.929 bits per heavy atom.